The molecule has 4 nitrogen and oxygen atoms in total. The summed E-state index contributed by atoms with van der Waals surface area (Å²) in [6, 6.07) is 10.6. The summed E-state index contributed by atoms with van der Waals surface area (Å²) in [5.74, 6) is -1.08. The molecule has 0 spiro atoms. The summed E-state index contributed by atoms with van der Waals surface area (Å²) in [4.78, 5) is 11.1. The molecule has 0 heterocycles. The van der Waals surface area contributed by atoms with Gasteiger partial charge < -0.3 is 11.1 Å². The largest absolute Gasteiger partial charge is 0.380 e. The molecule has 0 saturated carbocycles. The molecule has 0 saturated heterocycles. The Kier molecular flexibility index (Phi) is 4.41. The first kappa shape index (κ1) is 14.8. The molecule has 0 aliphatic carbocycles. The number of benzene rings is 2. The highest BCUT2D eigenvalue weighted by Gasteiger charge is 2.08. The van der Waals surface area contributed by atoms with E-state index in [9.17, 15) is 9.18 Å². The smallest absolute Gasteiger partial charge is 0.248 e. The van der Waals surface area contributed by atoms with Crippen molar-refractivity contribution in [1.82, 2.24) is 0 Å². The molecule has 0 unspecified atom stereocenters. The van der Waals surface area contributed by atoms with Crippen LogP contribution in [-0.2, 0) is 6.54 Å². The van der Waals surface area contributed by atoms with Crippen LogP contribution in [-0.4, -0.2) is 5.91 Å². The van der Waals surface area contributed by atoms with Crippen LogP contribution in [0.25, 0.3) is 0 Å². The molecule has 3 N–H and O–H groups in total. The van der Waals surface area contributed by atoms with Gasteiger partial charge in [0.1, 0.15) is 5.82 Å². The van der Waals surface area contributed by atoms with Crippen molar-refractivity contribution in [2.45, 2.75) is 6.54 Å². The van der Waals surface area contributed by atoms with Crippen molar-refractivity contribution in [2.24, 2.45) is 5.73 Å². The lowest BCUT2D eigenvalue weighted by atomic mass is 10.1. The van der Waals surface area contributed by atoms with Crippen LogP contribution in [0.2, 0.25) is 5.02 Å². The average Bonchev–Trinajstić information content (AvgIpc) is 2.47. The van der Waals surface area contributed by atoms with Crippen molar-refractivity contribution in [2.75, 3.05) is 5.32 Å². The Hall–Kier alpha value is -2.58. The zero-order chi connectivity index (χ0) is 15.4. The number of nitrogens with one attached hydrogen (secondary N) is 1. The molecule has 0 aliphatic heterocycles. The SMILES string of the molecule is N#Cc1ccc(Cl)c(NCc2cc(C(N)=O)ccc2F)c1. The average molecular weight is 304 g/mol. The summed E-state index contributed by atoms with van der Waals surface area (Å²) in [6.07, 6.45) is 0. The van der Waals surface area contributed by atoms with Crippen molar-refractivity contribution in [3.63, 3.8) is 0 Å². The van der Waals surface area contributed by atoms with Gasteiger partial charge in [0.25, 0.3) is 0 Å². The topological polar surface area (TPSA) is 78.9 Å². The predicted molar refractivity (Wildman–Crippen MR) is 78.4 cm³/mol. The van der Waals surface area contributed by atoms with E-state index in [1.165, 1.54) is 18.2 Å². The lowest BCUT2D eigenvalue weighted by Crippen LogP contribution is -2.12. The van der Waals surface area contributed by atoms with Gasteiger partial charge in [-0.25, -0.2) is 4.39 Å². The van der Waals surface area contributed by atoms with Gasteiger partial charge in [0.05, 0.1) is 22.3 Å². The molecule has 6 heteroatoms. The van der Waals surface area contributed by atoms with Crippen molar-refractivity contribution in [3.05, 3.63) is 63.9 Å². The fraction of sp³-hybridized carbons (Fsp3) is 0.0667. The fourth-order valence-corrected chi connectivity index (χ4v) is 1.97. The molecule has 2 rings (SSSR count). The Morgan fingerprint density at radius 3 is 2.76 bits per heavy atom. The Balaban J connectivity index is 2.22. The standard InChI is InChI=1S/C15H11ClFN3O/c16-12-3-1-9(7-18)5-14(12)20-8-11-6-10(15(19)21)2-4-13(11)17/h1-6,20H,8H2,(H2,19,21). The number of nitrogens with two attached hydrogens (primary N) is 1. The molecular weight excluding hydrogens is 293 g/mol. The van der Waals surface area contributed by atoms with Gasteiger partial charge in [0.2, 0.25) is 5.91 Å². The van der Waals surface area contributed by atoms with Gasteiger partial charge in [-0.15, -0.1) is 0 Å². The highest BCUT2D eigenvalue weighted by atomic mass is 35.5. The first-order chi connectivity index (χ1) is 10.0. The van der Waals surface area contributed by atoms with Gasteiger partial charge in [-0.2, -0.15) is 5.26 Å². The van der Waals surface area contributed by atoms with Gasteiger partial charge in [-0.05, 0) is 36.4 Å². The molecule has 0 atom stereocenters. The van der Waals surface area contributed by atoms with Crippen molar-refractivity contribution < 1.29 is 9.18 Å². The maximum Gasteiger partial charge on any atom is 0.248 e. The number of amides is 1. The maximum atomic E-state index is 13.7. The van der Waals surface area contributed by atoms with E-state index in [1.807, 2.05) is 6.07 Å². The van der Waals surface area contributed by atoms with E-state index in [0.29, 0.717) is 16.3 Å². The molecule has 0 bridgehead atoms. The van der Waals surface area contributed by atoms with E-state index in [-0.39, 0.29) is 17.7 Å². The summed E-state index contributed by atoms with van der Waals surface area (Å²) < 4.78 is 13.7. The van der Waals surface area contributed by atoms with Crippen LogP contribution in [0.4, 0.5) is 10.1 Å². The number of anilines is 1. The lowest BCUT2D eigenvalue weighted by Gasteiger charge is -2.10. The minimum Gasteiger partial charge on any atom is -0.380 e. The molecule has 2 aromatic carbocycles. The van der Waals surface area contributed by atoms with Crippen LogP contribution in [0, 0.1) is 17.1 Å². The Morgan fingerprint density at radius 1 is 1.33 bits per heavy atom. The fourth-order valence-electron chi connectivity index (χ4n) is 1.78. The van der Waals surface area contributed by atoms with E-state index in [1.54, 1.807) is 18.2 Å². The summed E-state index contributed by atoms with van der Waals surface area (Å²) in [7, 11) is 0. The summed E-state index contributed by atoms with van der Waals surface area (Å²) in [5.41, 5.74) is 6.62. The predicted octanol–water partition coefficient (Wildman–Crippen LogP) is 3.06. The van der Waals surface area contributed by atoms with Gasteiger partial charge >= 0.3 is 0 Å². The summed E-state index contributed by atoms with van der Waals surface area (Å²) >= 11 is 6.00. The van der Waals surface area contributed by atoms with Crippen LogP contribution in [0.5, 0.6) is 0 Å². The molecule has 1 amide bonds. The van der Waals surface area contributed by atoms with Crippen LogP contribution < -0.4 is 11.1 Å². The van der Waals surface area contributed by atoms with Crippen LogP contribution >= 0.6 is 11.6 Å². The molecule has 0 radical (unpaired) electrons. The monoisotopic (exact) mass is 303 g/mol. The van der Waals surface area contributed by atoms with E-state index in [2.05, 4.69) is 5.32 Å². The minimum absolute atomic E-state index is 0.113. The molecule has 0 aliphatic rings. The van der Waals surface area contributed by atoms with Crippen LogP contribution in [0.1, 0.15) is 21.5 Å². The number of primary amides is 1. The minimum atomic E-state index is -0.624. The first-order valence-electron chi connectivity index (χ1n) is 6.03. The number of carbonyl (C=O) groups excluding carboxylic acids is 1. The highest BCUT2D eigenvalue weighted by molar-refractivity contribution is 6.33. The molecule has 0 aromatic heterocycles. The zero-order valence-electron chi connectivity index (χ0n) is 10.9. The number of rotatable bonds is 4. The zero-order valence-corrected chi connectivity index (χ0v) is 11.6. The van der Waals surface area contributed by atoms with Crippen molar-refractivity contribution in [1.29, 1.82) is 5.26 Å². The molecular formula is C15H11ClFN3O. The molecule has 2 aromatic rings. The number of hydrogen-bond acceptors (Lipinski definition) is 3. The lowest BCUT2D eigenvalue weighted by molar-refractivity contribution is 0.1000. The van der Waals surface area contributed by atoms with E-state index >= 15 is 0 Å². The third-order valence-electron chi connectivity index (χ3n) is 2.89. The normalized spacial score (nSPS) is 9.95. The van der Waals surface area contributed by atoms with E-state index in [0.717, 1.165) is 0 Å². The highest BCUT2D eigenvalue weighted by Crippen LogP contribution is 2.24. The number of carbonyl (C=O) groups is 1. The summed E-state index contributed by atoms with van der Waals surface area (Å²) in [5, 5.41) is 12.2. The van der Waals surface area contributed by atoms with Crippen LogP contribution in [0.3, 0.4) is 0 Å². The van der Waals surface area contributed by atoms with Gasteiger partial charge in [-0.3, -0.25) is 4.79 Å². The van der Waals surface area contributed by atoms with E-state index < -0.39 is 11.7 Å². The second-order valence-corrected chi connectivity index (χ2v) is 4.74. The number of nitrogens with zero attached hydrogens (tertiary/aromatic N) is 1. The maximum absolute atomic E-state index is 13.7. The second kappa shape index (κ2) is 6.25. The van der Waals surface area contributed by atoms with Crippen molar-refractivity contribution in [3.8, 4) is 6.07 Å². The Bertz CT molecular complexity index is 740. The number of hydrogen-bond donors (Lipinski definition) is 2. The molecule has 21 heavy (non-hydrogen) atoms. The second-order valence-electron chi connectivity index (χ2n) is 4.33. The van der Waals surface area contributed by atoms with Crippen LogP contribution in [0.15, 0.2) is 36.4 Å². The number of nitriles is 1. The molecule has 106 valence electrons. The van der Waals surface area contributed by atoms with Gasteiger partial charge in [0, 0.05) is 17.7 Å². The Morgan fingerprint density at radius 2 is 2.10 bits per heavy atom. The first-order valence-corrected chi connectivity index (χ1v) is 6.41. The van der Waals surface area contributed by atoms with Gasteiger partial charge in [0.15, 0.2) is 0 Å². The third-order valence-corrected chi connectivity index (χ3v) is 3.22. The third kappa shape index (κ3) is 3.50. The van der Waals surface area contributed by atoms with Crippen molar-refractivity contribution >= 4 is 23.2 Å². The summed E-state index contributed by atoms with van der Waals surface area (Å²) in [6.45, 7) is 0.113. The molecule has 0 fully saturated rings. The number of halogens is 2. The quantitative estimate of drug-likeness (QED) is 0.911. The Labute approximate surface area is 125 Å². The van der Waals surface area contributed by atoms with E-state index in [4.69, 9.17) is 22.6 Å². The van der Waals surface area contributed by atoms with Gasteiger partial charge in [-0.1, -0.05) is 11.6 Å².